The van der Waals surface area contributed by atoms with Crippen LogP contribution in [-0.2, 0) is 4.79 Å². The van der Waals surface area contributed by atoms with E-state index in [0.29, 0.717) is 21.6 Å². The van der Waals surface area contributed by atoms with Crippen LogP contribution in [0.5, 0.6) is 0 Å². The van der Waals surface area contributed by atoms with Crippen molar-refractivity contribution in [1.29, 1.82) is 0 Å². The Morgan fingerprint density at radius 3 is 2.85 bits per heavy atom. The molecule has 106 valence electrons. The molecule has 2 rings (SSSR count). The third-order valence-electron chi connectivity index (χ3n) is 2.62. The van der Waals surface area contributed by atoms with Crippen molar-refractivity contribution in [1.82, 2.24) is 4.98 Å². The van der Waals surface area contributed by atoms with Gasteiger partial charge in [-0.2, -0.15) is 0 Å². The van der Waals surface area contributed by atoms with E-state index < -0.39 is 0 Å². The Morgan fingerprint density at radius 2 is 2.25 bits per heavy atom. The zero-order valence-corrected chi connectivity index (χ0v) is 12.6. The summed E-state index contributed by atoms with van der Waals surface area (Å²) in [6.07, 6.45) is 0. The van der Waals surface area contributed by atoms with Crippen molar-refractivity contribution in [3.63, 3.8) is 0 Å². The molecule has 0 aliphatic heterocycles. The van der Waals surface area contributed by atoms with Crippen molar-refractivity contribution < 1.29 is 9.21 Å². The molecular formula is C13H14ClN3O2S. The van der Waals surface area contributed by atoms with E-state index in [1.807, 2.05) is 13.8 Å². The van der Waals surface area contributed by atoms with Gasteiger partial charge in [-0.05, 0) is 32.0 Å². The Kier molecular flexibility index (Phi) is 4.57. The molecule has 0 bridgehead atoms. The fourth-order valence-electron chi connectivity index (χ4n) is 1.45. The van der Waals surface area contributed by atoms with E-state index in [9.17, 15) is 4.79 Å². The number of halogens is 1. The van der Waals surface area contributed by atoms with E-state index in [-0.39, 0.29) is 11.7 Å². The molecule has 1 aromatic carbocycles. The zero-order valence-electron chi connectivity index (χ0n) is 11.1. The van der Waals surface area contributed by atoms with Gasteiger partial charge in [0.2, 0.25) is 5.91 Å². The number of aryl methyl sites for hydroxylation is 2. The Hall–Kier alpha value is -1.66. The van der Waals surface area contributed by atoms with Crippen molar-refractivity contribution >= 4 is 40.6 Å². The number of aromatic nitrogens is 1. The van der Waals surface area contributed by atoms with Gasteiger partial charge in [-0.25, -0.2) is 4.98 Å². The molecule has 0 radical (unpaired) electrons. The summed E-state index contributed by atoms with van der Waals surface area (Å²) in [5.41, 5.74) is 7.53. The Morgan fingerprint density at radius 1 is 1.50 bits per heavy atom. The first-order chi connectivity index (χ1) is 9.45. The topological polar surface area (TPSA) is 81.2 Å². The molecule has 0 saturated heterocycles. The Balaban J connectivity index is 1.90. The lowest BCUT2D eigenvalue weighted by atomic mass is 10.3. The number of hydrogen-bond acceptors (Lipinski definition) is 5. The highest BCUT2D eigenvalue weighted by atomic mass is 35.5. The summed E-state index contributed by atoms with van der Waals surface area (Å²) in [5.74, 6) is 0.811. The molecule has 0 fully saturated rings. The third kappa shape index (κ3) is 3.68. The quantitative estimate of drug-likeness (QED) is 0.669. The molecule has 0 unspecified atom stereocenters. The zero-order chi connectivity index (χ0) is 14.7. The number of oxazole rings is 1. The van der Waals surface area contributed by atoms with Gasteiger partial charge in [-0.3, -0.25) is 4.79 Å². The first-order valence-electron chi connectivity index (χ1n) is 5.87. The van der Waals surface area contributed by atoms with Crippen molar-refractivity contribution in [2.75, 3.05) is 16.8 Å². The fraction of sp³-hybridized carbons (Fsp3) is 0.231. The largest absolute Gasteiger partial charge is 0.437 e. The number of nitrogen functional groups attached to an aromatic ring is 1. The fourth-order valence-corrected chi connectivity index (χ4v) is 2.28. The first kappa shape index (κ1) is 14.7. The van der Waals surface area contributed by atoms with Crippen LogP contribution in [0.2, 0.25) is 5.02 Å². The van der Waals surface area contributed by atoms with Crippen LogP contribution in [0.25, 0.3) is 0 Å². The van der Waals surface area contributed by atoms with Crippen LogP contribution in [0.15, 0.2) is 27.8 Å². The standard InChI is InChI=1S/C13H14ClN3O2S/c1-7-8(2)19-13(16-7)20-6-12(18)17-9-3-4-10(14)11(15)5-9/h3-5H,6,15H2,1-2H3,(H,17,18). The molecule has 1 amide bonds. The van der Waals surface area contributed by atoms with Gasteiger partial charge in [-0.15, -0.1) is 0 Å². The first-order valence-corrected chi connectivity index (χ1v) is 7.24. The molecule has 0 aliphatic rings. The molecule has 20 heavy (non-hydrogen) atoms. The molecule has 0 spiro atoms. The van der Waals surface area contributed by atoms with Gasteiger partial charge < -0.3 is 15.5 Å². The molecule has 2 aromatic rings. The second-order valence-electron chi connectivity index (χ2n) is 4.19. The maximum absolute atomic E-state index is 11.8. The van der Waals surface area contributed by atoms with Crippen LogP contribution in [0.1, 0.15) is 11.5 Å². The minimum absolute atomic E-state index is 0.162. The van der Waals surface area contributed by atoms with E-state index in [2.05, 4.69) is 10.3 Å². The molecule has 7 heteroatoms. The van der Waals surface area contributed by atoms with E-state index in [4.69, 9.17) is 21.8 Å². The number of hydrogen-bond donors (Lipinski definition) is 2. The third-order valence-corrected chi connectivity index (χ3v) is 3.79. The van der Waals surface area contributed by atoms with Crippen LogP contribution in [0, 0.1) is 13.8 Å². The van der Waals surface area contributed by atoms with Gasteiger partial charge in [0.15, 0.2) is 0 Å². The van der Waals surface area contributed by atoms with E-state index >= 15 is 0 Å². The van der Waals surface area contributed by atoms with Gasteiger partial charge in [0.1, 0.15) is 5.76 Å². The number of benzene rings is 1. The van der Waals surface area contributed by atoms with Crippen LogP contribution in [0.4, 0.5) is 11.4 Å². The Labute approximate surface area is 125 Å². The molecular weight excluding hydrogens is 298 g/mol. The highest BCUT2D eigenvalue weighted by molar-refractivity contribution is 7.99. The summed E-state index contributed by atoms with van der Waals surface area (Å²) in [6, 6.07) is 4.95. The van der Waals surface area contributed by atoms with Crippen molar-refractivity contribution in [2.24, 2.45) is 0 Å². The number of amides is 1. The lowest BCUT2D eigenvalue weighted by Crippen LogP contribution is -2.14. The number of carbonyl (C=O) groups is 1. The van der Waals surface area contributed by atoms with Crippen LogP contribution < -0.4 is 11.1 Å². The summed E-state index contributed by atoms with van der Waals surface area (Å²) < 4.78 is 5.38. The minimum atomic E-state index is -0.162. The van der Waals surface area contributed by atoms with Gasteiger partial charge in [0.25, 0.3) is 5.22 Å². The summed E-state index contributed by atoms with van der Waals surface area (Å²) in [4.78, 5) is 16.0. The molecule has 5 nitrogen and oxygen atoms in total. The van der Waals surface area contributed by atoms with Crippen LogP contribution in [0.3, 0.4) is 0 Å². The van der Waals surface area contributed by atoms with Gasteiger partial charge in [0, 0.05) is 5.69 Å². The minimum Gasteiger partial charge on any atom is -0.437 e. The normalized spacial score (nSPS) is 10.6. The van der Waals surface area contributed by atoms with E-state index in [1.54, 1.807) is 18.2 Å². The smallest absolute Gasteiger partial charge is 0.256 e. The maximum atomic E-state index is 11.8. The molecule has 1 heterocycles. The van der Waals surface area contributed by atoms with Crippen molar-refractivity contribution in [2.45, 2.75) is 19.1 Å². The van der Waals surface area contributed by atoms with Crippen molar-refractivity contribution in [3.8, 4) is 0 Å². The Bertz CT molecular complexity index is 623. The van der Waals surface area contributed by atoms with Gasteiger partial charge in [-0.1, -0.05) is 23.4 Å². The van der Waals surface area contributed by atoms with Crippen LogP contribution in [-0.4, -0.2) is 16.6 Å². The SMILES string of the molecule is Cc1nc(SCC(=O)Nc2ccc(Cl)c(N)c2)oc1C. The number of anilines is 2. The molecule has 1 aromatic heterocycles. The average molecular weight is 312 g/mol. The number of nitrogens with two attached hydrogens (primary N) is 1. The molecule has 3 N–H and O–H groups in total. The lowest BCUT2D eigenvalue weighted by molar-refractivity contribution is -0.113. The maximum Gasteiger partial charge on any atom is 0.256 e. The second kappa shape index (κ2) is 6.19. The van der Waals surface area contributed by atoms with Crippen molar-refractivity contribution in [3.05, 3.63) is 34.7 Å². The van der Waals surface area contributed by atoms with E-state index in [0.717, 1.165) is 11.5 Å². The van der Waals surface area contributed by atoms with E-state index in [1.165, 1.54) is 11.8 Å². The number of rotatable bonds is 4. The molecule has 0 atom stereocenters. The number of nitrogens with zero attached hydrogens (tertiary/aromatic N) is 1. The van der Waals surface area contributed by atoms with Crippen LogP contribution >= 0.6 is 23.4 Å². The predicted molar refractivity (Wildman–Crippen MR) is 81.2 cm³/mol. The summed E-state index contributed by atoms with van der Waals surface area (Å²) in [6.45, 7) is 3.70. The summed E-state index contributed by atoms with van der Waals surface area (Å²) >= 11 is 7.06. The summed E-state index contributed by atoms with van der Waals surface area (Å²) in [5, 5.41) is 3.69. The average Bonchev–Trinajstić information content (AvgIpc) is 2.71. The predicted octanol–water partition coefficient (Wildman–Crippen LogP) is 3.26. The molecule has 0 aliphatic carbocycles. The lowest BCUT2D eigenvalue weighted by Gasteiger charge is -2.05. The summed E-state index contributed by atoms with van der Waals surface area (Å²) in [7, 11) is 0. The number of nitrogens with one attached hydrogen (secondary N) is 1. The second-order valence-corrected chi connectivity index (χ2v) is 5.53. The molecule has 0 saturated carbocycles. The highest BCUT2D eigenvalue weighted by Crippen LogP contribution is 2.23. The van der Waals surface area contributed by atoms with Gasteiger partial charge in [0.05, 0.1) is 22.2 Å². The number of carbonyl (C=O) groups excluding carboxylic acids is 1. The highest BCUT2D eigenvalue weighted by Gasteiger charge is 2.10. The monoisotopic (exact) mass is 311 g/mol. The number of thioether (sulfide) groups is 1. The van der Waals surface area contributed by atoms with Gasteiger partial charge >= 0.3 is 0 Å².